The number of ether oxygens (including phenoxy) is 1. The molecule has 41 heavy (non-hydrogen) atoms. The van der Waals surface area contributed by atoms with E-state index < -0.39 is 17.6 Å². The summed E-state index contributed by atoms with van der Waals surface area (Å²) in [7, 11) is 1.89. The van der Waals surface area contributed by atoms with Crippen molar-refractivity contribution < 1.29 is 22.7 Å². The molecule has 1 aromatic heterocycles. The lowest BCUT2D eigenvalue weighted by Gasteiger charge is -2.42. The van der Waals surface area contributed by atoms with Gasteiger partial charge in [-0.3, -0.25) is 9.69 Å². The minimum atomic E-state index is -4.56. The fourth-order valence-corrected chi connectivity index (χ4v) is 6.20. The molecule has 3 aliphatic heterocycles. The smallest absolute Gasteiger partial charge is 0.379 e. The summed E-state index contributed by atoms with van der Waals surface area (Å²) in [4.78, 5) is 17.3. The lowest BCUT2D eigenvalue weighted by molar-refractivity contribution is -0.138. The van der Waals surface area contributed by atoms with Gasteiger partial charge in [0.15, 0.2) is 0 Å². The highest BCUT2D eigenvalue weighted by Crippen LogP contribution is 2.41. The van der Waals surface area contributed by atoms with E-state index in [2.05, 4.69) is 34.3 Å². The number of piperazine rings is 1. The number of carbonyl (C=O) groups excluding carboxylic acids is 1. The number of halogens is 3. The van der Waals surface area contributed by atoms with Crippen LogP contribution in [-0.2, 0) is 42.9 Å². The molecule has 3 aromatic rings. The number of amides is 1. The average Bonchev–Trinajstić information content (AvgIpc) is 3.47. The molecule has 8 nitrogen and oxygen atoms in total. The van der Waals surface area contributed by atoms with Gasteiger partial charge in [0.2, 0.25) is 0 Å². The molecule has 2 aromatic carbocycles. The number of nitrogens with zero attached hydrogens (tertiary/aromatic N) is 5. The van der Waals surface area contributed by atoms with E-state index in [4.69, 9.17) is 4.74 Å². The SMILES string of the molecule is CC(C)C1CN(Cc2cc3c(c(C(F)(F)F)c2)CN(c2cccc(C4(Cc5nncn5C)COC4)c2)C3=O)CCN1. The van der Waals surface area contributed by atoms with Crippen LogP contribution in [0.15, 0.2) is 42.7 Å². The first-order chi connectivity index (χ1) is 19.5. The summed E-state index contributed by atoms with van der Waals surface area (Å²) in [6.45, 7) is 7.78. The number of alkyl halides is 3. The first-order valence-corrected chi connectivity index (χ1v) is 14.1. The number of nitrogens with one attached hydrogen (secondary N) is 1. The Morgan fingerprint density at radius 3 is 2.66 bits per heavy atom. The second-order valence-electron chi connectivity index (χ2n) is 12.0. The third-order valence-electron chi connectivity index (χ3n) is 8.74. The maximum atomic E-state index is 14.3. The second kappa shape index (κ2) is 10.5. The standard InChI is InChI=1S/C30H35F3N6O2/c1-19(2)26-15-38(8-7-34-26)13-20-9-23-24(25(10-20)30(31,32)33)14-39(28(23)40)22-6-4-5-21(11-22)29(16-41-17-29)12-27-36-35-18-37(27)3/h4-6,9-11,18-19,26,34H,7-8,12-17H2,1-3H3. The van der Waals surface area contributed by atoms with Crippen LogP contribution >= 0.6 is 0 Å². The number of anilines is 1. The van der Waals surface area contributed by atoms with E-state index in [1.165, 1.54) is 11.0 Å². The summed E-state index contributed by atoms with van der Waals surface area (Å²) in [5.41, 5.74) is 1.16. The first kappa shape index (κ1) is 27.9. The van der Waals surface area contributed by atoms with Gasteiger partial charge in [-0.05, 0) is 46.9 Å². The largest absolute Gasteiger partial charge is 0.416 e. The molecular weight excluding hydrogens is 533 g/mol. The van der Waals surface area contributed by atoms with Gasteiger partial charge >= 0.3 is 6.18 Å². The van der Waals surface area contributed by atoms with Crippen molar-refractivity contribution in [2.24, 2.45) is 13.0 Å². The van der Waals surface area contributed by atoms with E-state index >= 15 is 0 Å². The number of fused-ring (bicyclic) bond motifs is 1. The molecule has 1 unspecified atom stereocenters. The Bertz CT molecular complexity index is 1450. The zero-order chi connectivity index (χ0) is 28.9. The molecule has 0 bridgehead atoms. The number of aromatic nitrogens is 3. The number of hydrogen-bond acceptors (Lipinski definition) is 6. The van der Waals surface area contributed by atoms with Crippen molar-refractivity contribution in [1.82, 2.24) is 25.0 Å². The van der Waals surface area contributed by atoms with E-state index in [1.807, 2.05) is 29.8 Å². The van der Waals surface area contributed by atoms with Gasteiger partial charge in [-0.2, -0.15) is 13.2 Å². The highest BCUT2D eigenvalue weighted by Gasteiger charge is 2.43. The number of rotatable bonds is 7. The molecule has 4 heterocycles. The van der Waals surface area contributed by atoms with Crippen LogP contribution in [0.25, 0.3) is 0 Å². The van der Waals surface area contributed by atoms with Crippen molar-refractivity contribution in [3.8, 4) is 0 Å². The lowest BCUT2D eigenvalue weighted by Crippen LogP contribution is -2.52. The summed E-state index contributed by atoms with van der Waals surface area (Å²) >= 11 is 0. The second-order valence-corrected chi connectivity index (χ2v) is 12.0. The molecule has 11 heteroatoms. The predicted octanol–water partition coefficient (Wildman–Crippen LogP) is 3.93. The third kappa shape index (κ3) is 5.26. The van der Waals surface area contributed by atoms with Gasteiger partial charge in [0.25, 0.3) is 5.91 Å². The molecule has 0 radical (unpaired) electrons. The Morgan fingerprint density at radius 1 is 1.20 bits per heavy atom. The molecule has 0 spiro atoms. The van der Waals surface area contributed by atoms with Gasteiger partial charge in [0.1, 0.15) is 12.2 Å². The summed E-state index contributed by atoms with van der Waals surface area (Å²) in [5.74, 6) is 0.826. The van der Waals surface area contributed by atoms with E-state index in [-0.39, 0.29) is 29.1 Å². The van der Waals surface area contributed by atoms with E-state index in [0.717, 1.165) is 31.0 Å². The molecular formula is C30H35F3N6O2. The predicted molar refractivity (Wildman–Crippen MR) is 148 cm³/mol. The summed E-state index contributed by atoms with van der Waals surface area (Å²) in [6.07, 6.45) is -2.31. The Labute approximate surface area is 237 Å². The minimum absolute atomic E-state index is 0.0396. The lowest BCUT2D eigenvalue weighted by atomic mass is 9.75. The Kier molecular flexibility index (Phi) is 7.15. The molecule has 1 amide bonds. The molecule has 3 aliphatic rings. The molecule has 2 saturated heterocycles. The Morgan fingerprint density at radius 2 is 2.00 bits per heavy atom. The molecule has 0 saturated carbocycles. The molecule has 6 rings (SSSR count). The van der Waals surface area contributed by atoms with Gasteiger partial charge in [0.05, 0.1) is 25.3 Å². The summed E-state index contributed by atoms with van der Waals surface area (Å²) < 4.78 is 50.5. The van der Waals surface area contributed by atoms with Crippen LogP contribution in [0.2, 0.25) is 0 Å². The van der Waals surface area contributed by atoms with Crippen molar-refractivity contribution in [1.29, 1.82) is 0 Å². The zero-order valence-corrected chi connectivity index (χ0v) is 23.5. The number of carbonyl (C=O) groups is 1. The Balaban J connectivity index is 1.29. The minimum Gasteiger partial charge on any atom is -0.379 e. The van der Waals surface area contributed by atoms with Crippen LogP contribution in [0.1, 0.15) is 52.3 Å². The van der Waals surface area contributed by atoms with Crippen molar-refractivity contribution >= 4 is 11.6 Å². The number of benzene rings is 2. The molecule has 1 atom stereocenters. The fraction of sp³-hybridized carbons (Fsp3) is 0.500. The summed E-state index contributed by atoms with van der Waals surface area (Å²) in [6, 6.07) is 10.7. The maximum Gasteiger partial charge on any atom is 0.416 e. The van der Waals surface area contributed by atoms with Crippen molar-refractivity contribution in [3.05, 3.63) is 76.4 Å². The maximum absolute atomic E-state index is 14.3. The monoisotopic (exact) mass is 568 g/mol. The van der Waals surface area contributed by atoms with Crippen LogP contribution in [0, 0.1) is 5.92 Å². The average molecular weight is 569 g/mol. The highest BCUT2D eigenvalue weighted by molar-refractivity contribution is 6.10. The third-order valence-corrected chi connectivity index (χ3v) is 8.74. The normalized spacial score (nSPS) is 20.9. The van der Waals surface area contributed by atoms with Crippen LogP contribution in [0.3, 0.4) is 0 Å². The van der Waals surface area contributed by atoms with Gasteiger partial charge in [0, 0.05) is 62.4 Å². The topological polar surface area (TPSA) is 75.5 Å². The number of aryl methyl sites for hydroxylation is 1. The Hall–Kier alpha value is -3.28. The molecule has 218 valence electrons. The van der Waals surface area contributed by atoms with Crippen LogP contribution < -0.4 is 10.2 Å². The van der Waals surface area contributed by atoms with Crippen LogP contribution in [0.4, 0.5) is 18.9 Å². The number of hydrogen-bond donors (Lipinski definition) is 1. The molecule has 1 N–H and O–H groups in total. The highest BCUT2D eigenvalue weighted by atomic mass is 19.4. The van der Waals surface area contributed by atoms with Crippen molar-refractivity contribution in [2.45, 2.75) is 51.0 Å². The van der Waals surface area contributed by atoms with Gasteiger partial charge in [-0.15, -0.1) is 10.2 Å². The van der Waals surface area contributed by atoms with E-state index in [1.54, 1.807) is 18.5 Å². The van der Waals surface area contributed by atoms with E-state index in [0.29, 0.717) is 43.3 Å². The molecule has 0 aliphatic carbocycles. The van der Waals surface area contributed by atoms with Gasteiger partial charge < -0.3 is 19.5 Å². The fourth-order valence-electron chi connectivity index (χ4n) is 6.20. The summed E-state index contributed by atoms with van der Waals surface area (Å²) in [5, 5.41) is 11.7. The quantitative estimate of drug-likeness (QED) is 0.466. The van der Waals surface area contributed by atoms with Crippen LogP contribution in [0.5, 0.6) is 0 Å². The van der Waals surface area contributed by atoms with Crippen molar-refractivity contribution in [3.63, 3.8) is 0 Å². The van der Waals surface area contributed by atoms with E-state index in [9.17, 15) is 18.0 Å². The zero-order valence-electron chi connectivity index (χ0n) is 23.5. The van der Waals surface area contributed by atoms with Crippen LogP contribution in [-0.4, -0.2) is 64.5 Å². The van der Waals surface area contributed by atoms with Gasteiger partial charge in [-0.25, -0.2) is 0 Å². The molecule has 2 fully saturated rings. The first-order valence-electron chi connectivity index (χ1n) is 14.1. The van der Waals surface area contributed by atoms with Crippen molar-refractivity contribution in [2.75, 3.05) is 37.7 Å². The van der Waals surface area contributed by atoms with Gasteiger partial charge in [-0.1, -0.05) is 26.0 Å².